The Balaban J connectivity index is 0.000000253. The molecule has 7 rings (SSSR count). The molecule has 2 aromatic carbocycles. The molecule has 2 N–H and O–H groups in total. The summed E-state index contributed by atoms with van der Waals surface area (Å²) in [7, 11) is 0. The maximum absolute atomic E-state index is 10.6. The summed E-state index contributed by atoms with van der Waals surface area (Å²) in [6.07, 6.45) is 11.3. The second kappa shape index (κ2) is 12.4. The van der Waals surface area contributed by atoms with Crippen molar-refractivity contribution in [3.05, 3.63) is 113 Å². The molecule has 3 heterocycles. The summed E-state index contributed by atoms with van der Waals surface area (Å²) in [6, 6.07) is 22.1. The van der Waals surface area contributed by atoms with Crippen LogP contribution in [0.15, 0.2) is 85.5 Å². The summed E-state index contributed by atoms with van der Waals surface area (Å²) in [5.41, 5.74) is 5.47. The van der Waals surface area contributed by atoms with Crippen LogP contribution in [0.5, 0.6) is 5.75 Å². The first-order valence-corrected chi connectivity index (χ1v) is 14.2. The molecular weight excluding hydrogens is 536 g/mol. The fourth-order valence-corrected chi connectivity index (χ4v) is 4.86. The predicted octanol–water partition coefficient (Wildman–Crippen LogP) is 6.98. The summed E-state index contributed by atoms with van der Waals surface area (Å²) in [4.78, 5) is 23.5. The number of anilines is 2. The Kier molecular flexibility index (Phi) is 8.09. The molecule has 2 aliphatic rings. The smallest absolute Gasteiger partial charge is 0.212 e. The van der Waals surface area contributed by atoms with Gasteiger partial charge in [-0.3, -0.25) is 4.79 Å². The van der Waals surface area contributed by atoms with Gasteiger partial charge in [-0.15, -0.1) is 0 Å². The molecule has 0 bridgehead atoms. The third kappa shape index (κ3) is 7.21. The molecule has 9 heteroatoms. The van der Waals surface area contributed by atoms with Crippen LogP contribution in [0.4, 0.5) is 11.6 Å². The van der Waals surface area contributed by atoms with E-state index in [1.54, 1.807) is 6.07 Å². The van der Waals surface area contributed by atoms with Crippen LogP contribution >= 0.6 is 11.6 Å². The van der Waals surface area contributed by atoms with E-state index in [4.69, 9.17) is 21.3 Å². The maximum Gasteiger partial charge on any atom is 0.212 e. The zero-order valence-electron chi connectivity index (χ0n) is 22.5. The lowest BCUT2D eigenvalue weighted by Gasteiger charge is -2.10. The quantitative estimate of drug-likeness (QED) is 0.177. The zero-order valence-corrected chi connectivity index (χ0v) is 23.3. The van der Waals surface area contributed by atoms with Crippen molar-refractivity contribution in [3.8, 4) is 5.75 Å². The molecule has 2 saturated carbocycles. The van der Waals surface area contributed by atoms with Gasteiger partial charge in [-0.25, -0.2) is 15.0 Å². The number of carbonyl (C=O) groups is 1. The van der Waals surface area contributed by atoms with Gasteiger partial charge in [0.25, 0.3) is 0 Å². The Bertz CT molecular complexity index is 1630. The number of amides is 1. The number of hydrogen-bond acceptors (Lipinski definition) is 6. The Hall–Kier alpha value is -4.43. The number of imidazole rings is 1. The molecule has 0 radical (unpaired) electrons. The molecular formula is C32H31ClN6O2. The van der Waals surface area contributed by atoms with Gasteiger partial charge in [-0.05, 0) is 72.4 Å². The number of fused-ring (bicyclic) bond motifs is 1. The molecule has 1 amide bonds. The van der Waals surface area contributed by atoms with E-state index in [1.807, 2.05) is 40.9 Å². The van der Waals surface area contributed by atoms with Crippen molar-refractivity contribution in [2.75, 3.05) is 10.6 Å². The molecule has 41 heavy (non-hydrogen) atoms. The van der Waals surface area contributed by atoms with Crippen molar-refractivity contribution in [3.63, 3.8) is 0 Å². The first-order chi connectivity index (χ1) is 20.1. The summed E-state index contributed by atoms with van der Waals surface area (Å²) < 4.78 is 8.22. The summed E-state index contributed by atoms with van der Waals surface area (Å²) in [6.45, 7) is 0.981. The average Bonchev–Trinajstić information content (AvgIpc) is 3.93. The molecule has 2 fully saturated rings. The van der Waals surface area contributed by atoms with Crippen LogP contribution in [0.3, 0.4) is 0 Å². The molecule has 0 unspecified atom stereocenters. The first-order valence-electron chi connectivity index (χ1n) is 13.8. The van der Waals surface area contributed by atoms with Gasteiger partial charge in [0.2, 0.25) is 6.41 Å². The van der Waals surface area contributed by atoms with E-state index in [0.717, 1.165) is 33.6 Å². The Morgan fingerprint density at radius 2 is 1.68 bits per heavy atom. The van der Waals surface area contributed by atoms with Crippen molar-refractivity contribution in [2.24, 2.45) is 0 Å². The van der Waals surface area contributed by atoms with Crippen molar-refractivity contribution in [1.29, 1.82) is 0 Å². The fourth-order valence-electron chi connectivity index (χ4n) is 4.66. The van der Waals surface area contributed by atoms with Crippen LogP contribution in [-0.4, -0.2) is 25.8 Å². The number of aromatic nitrogens is 4. The van der Waals surface area contributed by atoms with Crippen LogP contribution in [0.2, 0.25) is 5.02 Å². The third-order valence-corrected chi connectivity index (χ3v) is 7.33. The predicted molar refractivity (Wildman–Crippen MR) is 160 cm³/mol. The van der Waals surface area contributed by atoms with Crippen molar-refractivity contribution in [1.82, 2.24) is 19.4 Å². The number of benzene rings is 2. The summed E-state index contributed by atoms with van der Waals surface area (Å²) in [5.74, 6) is 3.26. The highest BCUT2D eigenvalue weighted by molar-refractivity contribution is 6.30. The van der Waals surface area contributed by atoms with Gasteiger partial charge in [0.1, 0.15) is 24.6 Å². The van der Waals surface area contributed by atoms with E-state index in [9.17, 15) is 4.79 Å². The molecule has 0 spiro atoms. The monoisotopic (exact) mass is 566 g/mol. The highest BCUT2D eigenvalue weighted by Crippen LogP contribution is 2.42. The number of halogens is 1. The van der Waals surface area contributed by atoms with E-state index < -0.39 is 0 Å². The van der Waals surface area contributed by atoms with Crippen LogP contribution in [0, 0.1) is 0 Å². The lowest BCUT2D eigenvalue weighted by molar-refractivity contribution is -0.105. The second-order valence-corrected chi connectivity index (χ2v) is 10.8. The van der Waals surface area contributed by atoms with Crippen molar-refractivity contribution in [2.45, 2.75) is 50.7 Å². The number of rotatable bonds is 10. The maximum atomic E-state index is 10.6. The number of nitrogens with zero attached hydrogens (tertiary/aromatic N) is 4. The van der Waals surface area contributed by atoms with Gasteiger partial charge in [0.05, 0.1) is 12.2 Å². The lowest BCUT2D eigenvalue weighted by atomic mass is 10.1. The SMILES string of the molecule is Clc1cccc(C2CC2)c1.O=CNc1cc(NCc2cn3cc(C4CC4)cc(OCc4ccccc4)c3n2)ncn1. The topological polar surface area (TPSA) is 93.4 Å². The van der Waals surface area contributed by atoms with Gasteiger partial charge < -0.3 is 19.8 Å². The van der Waals surface area contributed by atoms with E-state index in [1.165, 1.54) is 43.1 Å². The van der Waals surface area contributed by atoms with Gasteiger partial charge >= 0.3 is 0 Å². The fraction of sp³-hybridized carbons (Fsp3) is 0.250. The number of ether oxygens (including phenoxy) is 1. The van der Waals surface area contributed by atoms with Crippen molar-refractivity contribution < 1.29 is 9.53 Å². The summed E-state index contributed by atoms with van der Waals surface area (Å²) >= 11 is 5.82. The molecule has 0 aliphatic heterocycles. The van der Waals surface area contributed by atoms with Gasteiger partial charge in [0.15, 0.2) is 11.4 Å². The Labute approximate surface area is 243 Å². The highest BCUT2D eigenvalue weighted by Gasteiger charge is 2.25. The van der Waals surface area contributed by atoms with Crippen LogP contribution < -0.4 is 15.4 Å². The minimum Gasteiger partial charge on any atom is -0.485 e. The molecule has 5 aromatic rings. The average molecular weight is 567 g/mol. The Morgan fingerprint density at radius 3 is 2.44 bits per heavy atom. The Morgan fingerprint density at radius 1 is 0.902 bits per heavy atom. The van der Waals surface area contributed by atoms with Crippen LogP contribution in [-0.2, 0) is 17.9 Å². The van der Waals surface area contributed by atoms with E-state index in [0.29, 0.717) is 37.1 Å². The van der Waals surface area contributed by atoms with Gasteiger partial charge in [-0.1, -0.05) is 54.1 Å². The molecule has 208 valence electrons. The number of carbonyl (C=O) groups excluding carboxylic acids is 1. The van der Waals surface area contributed by atoms with E-state index in [2.05, 4.69) is 57.1 Å². The van der Waals surface area contributed by atoms with Crippen molar-refractivity contribution >= 4 is 35.3 Å². The number of hydrogen-bond donors (Lipinski definition) is 2. The molecule has 8 nitrogen and oxygen atoms in total. The molecule has 0 saturated heterocycles. The standard InChI is InChI=1S/C23H22N6O2.C9H9Cl/c30-15-27-22-9-21(25-14-26-22)24-10-19-12-29-11-18(17-6-7-17)8-20(23(29)28-19)31-13-16-4-2-1-3-5-16;10-9-3-1-2-8(6-9)7-4-5-7/h1-5,8-9,11-12,14-15,17H,6-7,10,13H2,(H2,24,25,26,27,30);1-3,6-7H,4-5H2. The summed E-state index contributed by atoms with van der Waals surface area (Å²) in [5, 5.41) is 6.61. The number of nitrogens with one attached hydrogen (secondary N) is 2. The zero-order chi connectivity index (χ0) is 28.0. The van der Waals surface area contributed by atoms with Gasteiger partial charge in [-0.2, -0.15) is 0 Å². The first kappa shape index (κ1) is 26.8. The minimum absolute atomic E-state index is 0.438. The molecule has 2 aliphatic carbocycles. The van der Waals surface area contributed by atoms with Gasteiger partial charge in [0, 0.05) is 23.5 Å². The van der Waals surface area contributed by atoms with Crippen LogP contribution in [0.1, 0.15) is 59.9 Å². The van der Waals surface area contributed by atoms with Crippen LogP contribution in [0.25, 0.3) is 5.65 Å². The normalized spacial score (nSPS) is 14.2. The second-order valence-electron chi connectivity index (χ2n) is 10.4. The van der Waals surface area contributed by atoms with E-state index in [-0.39, 0.29) is 0 Å². The lowest BCUT2D eigenvalue weighted by Crippen LogP contribution is -2.04. The van der Waals surface area contributed by atoms with E-state index >= 15 is 0 Å². The number of pyridine rings is 1. The minimum atomic E-state index is 0.438. The highest BCUT2D eigenvalue weighted by atomic mass is 35.5. The third-order valence-electron chi connectivity index (χ3n) is 7.10. The molecule has 0 atom stereocenters. The largest absolute Gasteiger partial charge is 0.485 e. The molecule has 3 aromatic heterocycles.